The summed E-state index contributed by atoms with van der Waals surface area (Å²) in [6.45, 7) is 0. The molecule has 1 amide bonds. The Kier molecular flexibility index (Phi) is 2.73. The highest BCUT2D eigenvalue weighted by Crippen LogP contribution is 2.31. The summed E-state index contributed by atoms with van der Waals surface area (Å²) in [5.41, 5.74) is 0.612. The molecule has 0 aromatic carbocycles. The number of nitrogens with one attached hydrogen (secondary N) is 1. The lowest BCUT2D eigenvalue weighted by Gasteiger charge is -2.10. The topological polar surface area (TPSA) is 75.0 Å². The third-order valence-electron chi connectivity index (χ3n) is 2.30. The molecule has 1 heterocycles. The molecule has 1 fully saturated rings. The molecule has 0 spiro atoms. The molecule has 0 atom stereocenters. The third kappa shape index (κ3) is 1.96. The molecule has 1 aliphatic carbocycles. The molecule has 2 rings (SSSR count). The van der Waals surface area contributed by atoms with E-state index in [1.54, 1.807) is 0 Å². The summed E-state index contributed by atoms with van der Waals surface area (Å²) in [7, 11) is 1.53. The molecule has 1 aromatic rings. The molecule has 0 saturated heterocycles. The minimum absolute atomic E-state index is 0.137. The normalized spacial score (nSPS) is 14.0. The van der Waals surface area contributed by atoms with Gasteiger partial charge in [0, 0.05) is 19.4 Å². The van der Waals surface area contributed by atoms with Crippen LogP contribution in [0.4, 0.5) is 0 Å². The van der Waals surface area contributed by atoms with Gasteiger partial charge >= 0.3 is 0 Å². The minimum atomic E-state index is -0.291. The predicted octanol–water partition coefficient (Wildman–Crippen LogP) is 0.854. The van der Waals surface area contributed by atoms with Gasteiger partial charge < -0.3 is 10.1 Å². The van der Waals surface area contributed by atoms with Crippen LogP contribution in [0, 0.1) is 11.3 Å². The standard InChI is InChI=1S/C11H11N3O2/c1-13-11(15)9-6-14-5-7(4-12)10(9)16-8-2-3-8/h5-6,8H,2-3H2,1H3,(H,13,15). The smallest absolute Gasteiger partial charge is 0.256 e. The molecule has 0 bridgehead atoms. The molecule has 16 heavy (non-hydrogen) atoms. The summed E-state index contributed by atoms with van der Waals surface area (Å²) in [6, 6.07) is 1.98. The van der Waals surface area contributed by atoms with Gasteiger partial charge in [-0.2, -0.15) is 5.26 Å². The summed E-state index contributed by atoms with van der Waals surface area (Å²) in [4.78, 5) is 15.4. The second-order valence-corrected chi connectivity index (χ2v) is 3.57. The van der Waals surface area contributed by atoms with E-state index in [4.69, 9.17) is 10.00 Å². The molecule has 0 radical (unpaired) electrons. The van der Waals surface area contributed by atoms with E-state index in [1.165, 1.54) is 19.4 Å². The maximum absolute atomic E-state index is 11.6. The Morgan fingerprint density at radius 3 is 2.94 bits per heavy atom. The number of hydrogen-bond donors (Lipinski definition) is 1. The highest BCUT2D eigenvalue weighted by molar-refractivity contribution is 5.97. The van der Waals surface area contributed by atoms with Crippen molar-refractivity contribution in [1.29, 1.82) is 5.26 Å². The van der Waals surface area contributed by atoms with Crippen LogP contribution in [-0.2, 0) is 0 Å². The molecule has 0 unspecified atom stereocenters. The summed E-state index contributed by atoms with van der Waals surface area (Å²) in [5.74, 6) is 0.0552. The van der Waals surface area contributed by atoms with Crippen LogP contribution in [0.25, 0.3) is 0 Å². The molecular formula is C11H11N3O2. The molecule has 1 aliphatic rings. The number of nitriles is 1. The van der Waals surface area contributed by atoms with Crippen LogP contribution in [0.2, 0.25) is 0 Å². The largest absolute Gasteiger partial charge is 0.488 e. The Hall–Kier alpha value is -2.09. The number of rotatable bonds is 3. The van der Waals surface area contributed by atoms with E-state index < -0.39 is 0 Å². The number of amides is 1. The molecule has 1 saturated carbocycles. The summed E-state index contributed by atoms with van der Waals surface area (Å²) in [6.07, 6.45) is 4.90. The van der Waals surface area contributed by atoms with Crippen molar-refractivity contribution in [3.8, 4) is 11.8 Å². The number of aromatic nitrogens is 1. The first-order chi connectivity index (χ1) is 7.76. The van der Waals surface area contributed by atoms with E-state index >= 15 is 0 Å². The zero-order valence-corrected chi connectivity index (χ0v) is 8.86. The van der Waals surface area contributed by atoms with E-state index in [0.29, 0.717) is 16.9 Å². The average Bonchev–Trinajstić information content (AvgIpc) is 3.12. The first-order valence-corrected chi connectivity index (χ1v) is 5.03. The number of hydrogen-bond acceptors (Lipinski definition) is 4. The fourth-order valence-electron chi connectivity index (χ4n) is 1.30. The monoisotopic (exact) mass is 217 g/mol. The lowest BCUT2D eigenvalue weighted by atomic mass is 10.1. The Bertz CT molecular complexity index is 461. The van der Waals surface area contributed by atoms with E-state index in [1.807, 2.05) is 6.07 Å². The molecule has 5 heteroatoms. The van der Waals surface area contributed by atoms with Crippen LogP contribution in [0.3, 0.4) is 0 Å². The Morgan fingerprint density at radius 2 is 2.38 bits per heavy atom. The van der Waals surface area contributed by atoms with Gasteiger partial charge in [0.05, 0.1) is 6.10 Å². The summed E-state index contributed by atoms with van der Waals surface area (Å²) in [5, 5.41) is 11.4. The maximum atomic E-state index is 11.6. The zero-order chi connectivity index (χ0) is 11.5. The molecule has 0 aliphatic heterocycles. The number of pyridine rings is 1. The Balaban J connectivity index is 2.41. The number of carbonyl (C=O) groups excluding carboxylic acids is 1. The van der Waals surface area contributed by atoms with Crippen LogP contribution >= 0.6 is 0 Å². The fraction of sp³-hybridized carbons (Fsp3) is 0.364. The lowest BCUT2D eigenvalue weighted by molar-refractivity contribution is 0.0958. The maximum Gasteiger partial charge on any atom is 0.256 e. The van der Waals surface area contributed by atoms with Gasteiger partial charge in [0.25, 0.3) is 5.91 Å². The van der Waals surface area contributed by atoms with Gasteiger partial charge in [0.15, 0.2) is 5.75 Å². The van der Waals surface area contributed by atoms with Crippen LogP contribution in [0.1, 0.15) is 28.8 Å². The Labute approximate surface area is 93.1 Å². The average molecular weight is 217 g/mol. The highest BCUT2D eigenvalue weighted by Gasteiger charge is 2.27. The van der Waals surface area contributed by atoms with Crippen molar-refractivity contribution in [3.05, 3.63) is 23.5 Å². The van der Waals surface area contributed by atoms with E-state index in [0.717, 1.165) is 12.8 Å². The van der Waals surface area contributed by atoms with Crippen LogP contribution in [0.5, 0.6) is 5.75 Å². The van der Waals surface area contributed by atoms with Gasteiger partial charge in [-0.15, -0.1) is 0 Å². The fourth-order valence-corrected chi connectivity index (χ4v) is 1.30. The van der Waals surface area contributed by atoms with Crippen LogP contribution in [0.15, 0.2) is 12.4 Å². The molecular weight excluding hydrogens is 206 g/mol. The van der Waals surface area contributed by atoms with Gasteiger partial charge in [-0.1, -0.05) is 0 Å². The van der Waals surface area contributed by atoms with Crippen molar-refractivity contribution in [1.82, 2.24) is 10.3 Å². The first kappa shape index (κ1) is 10.4. The van der Waals surface area contributed by atoms with Gasteiger partial charge in [-0.05, 0) is 12.8 Å². The van der Waals surface area contributed by atoms with Crippen LogP contribution < -0.4 is 10.1 Å². The lowest BCUT2D eigenvalue weighted by Crippen LogP contribution is -2.20. The quantitative estimate of drug-likeness (QED) is 0.814. The summed E-state index contributed by atoms with van der Waals surface area (Å²) >= 11 is 0. The zero-order valence-electron chi connectivity index (χ0n) is 8.86. The van der Waals surface area contributed by atoms with Gasteiger partial charge in [0.2, 0.25) is 0 Å². The summed E-state index contributed by atoms with van der Waals surface area (Å²) < 4.78 is 5.58. The molecule has 82 valence electrons. The molecule has 1 N–H and O–H groups in total. The number of carbonyl (C=O) groups is 1. The van der Waals surface area contributed by atoms with Crippen LogP contribution in [-0.4, -0.2) is 24.0 Å². The van der Waals surface area contributed by atoms with Gasteiger partial charge in [-0.25, -0.2) is 0 Å². The van der Waals surface area contributed by atoms with Crippen molar-refractivity contribution in [2.75, 3.05) is 7.05 Å². The van der Waals surface area contributed by atoms with Crippen molar-refractivity contribution >= 4 is 5.91 Å². The SMILES string of the molecule is CNC(=O)c1cncc(C#N)c1OC1CC1. The number of nitrogens with zero attached hydrogens (tertiary/aromatic N) is 2. The minimum Gasteiger partial charge on any atom is -0.488 e. The number of ether oxygens (including phenoxy) is 1. The van der Waals surface area contributed by atoms with Gasteiger partial charge in [-0.3, -0.25) is 9.78 Å². The molecule has 1 aromatic heterocycles. The third-order valence-corrected chi connectivity index (χ3v) is 2.30. The Morgan fingerprint density at radius 1 is 1.62 bits per heavy atom. The van der Waals surface area contributed by atoms with Crippen molar-refractivity contribution in [3.63, 3.8) is 0 Å². The second kappa shape index (κ2) is 4.19. The van der Waals surface area contributed by atoms with E-state index in [-0.39, 0.29) is 12.0 Å². The van der Waals surface area contributed by atoms with E-state index in [9.17, 15) is 4.79 Å². The van der Waals surface area contributed by atoms with Crippen molar-refractivity contribution in [2.45, 2.75) is 18.9 Å². The van der Waals surface area contributed by atoms with Gasteiger partial charge in [0.1, 0.15) is 17.2 Å². The van der Waals surface area contributed by atoms with Crippen molar-refractivity contribution < 1.29 is 9.53 Å². The second-order valence-electron chi connectivity index (χ2n) is 3.57. The highest BCUT2D eigenvalue weighted by atomic mass is 16.5. The molecule has 5 nitrogen and oxygen atoms in total. The van der Waals surface area contributed by atoms with E-state index in [2.05, 4.69) is 10.3 Å². The van der Waals surface area contributed by atoms with Crippen molar-refractivity contribution in [2.24, 2.45) is 0 Å². The predicted molar refractivity (Wildman–Crippen MR) is 56.0 cm³/mol. The first-order valence-electron chi connectivity index (χ1n) is 5.03.